The zero-order valence-electron chi connectivity index (χ0n) is 15.9. The van der Waals surface area contributed by atoms with E-state index in [-0.39, 0.29) is 17.3 Å². The van der Waals surface area contributed by atoms with Crippen molar-refractivity contribution >= 4 is 27.5 Å². The second-order valence-electron chi connectivity index (χ2n) is 6.60. The molecule has 29 heavy (non-hydrogen) atoms. The molecule has 0 atom stereocenters. The van der Waals surface area contributed by atoms with Crippen LogP contribution in [0.5, 0.6) is 0 Å². The summed E-state index contributed by atoms with van der Waals surface area (Å²) in [6.45, 7) is 2.26. The molecule has 0 heterocycles. The van der Waals surface area contributed by atoms with E-state index >= 15 is 0 Å². The molecule has 3 rings (SSSR count). The van der Waals surface area contributed by atoms with Crippen molar-refractivity contribution in [3.63, 3.8) is 0 Å². The third-order valence-electron chi connectivity index (χ3n) is 4.44. The van der Waals surface area contributed by atoms with Gasteiger partial charge in [-0.15, -0.1) is 0 Å². The van der Waals surface area contributed by atoms with Crippen molar-refractivity contribution in [1.29, 1.82) is 0 Å². The molecular formula is C22H21ClN2O3S. The molecule has 7 heteroatoms. The number of aryl methyl sites for hydroxylation is 1. The highest BCUT2D eigenvalue weighted by atomic mass is 35.5. The molecule has 150 valence electrons. The summed E-state index contributed by atoms with van der Waals surface area (Å²) in [7, 11) is -3.75. The summed E-state index contributed by atoms with van der Waals surface area (Å²) in [6.07, 6.45) is 0. The van der Waals surface area contributed by atoms with Crippen LogP contribution in [0.1, 0.15) is 27.0 Å². The topological polar surface area (TPSA) is 75.3 Å². The molecule has 0 aliphatic carbocycles. The van der Waals surface area contributed by atoms with Gasteiger partial charge in [-0.1, -0.05) is 60.1 Å². The SMILES string of the molecule is Cc1ccc(S(=O)(=O)NCc2ccccc2)cc1C(=O)NCc1ccc(Cl)cc1. The lowest BCUT2D eigenvalue weighted by Gasteiger charge is -2.11. The number of benzene rings is 3. The lowest BCUT2D eigenvalue weighted by Crippen LogP contribution is -2.26. The fraction of sp³-hybridized carbons (Fsp3) is 0.136. The third kappa shape index (κ3) is 5.67. The minimum Gasteiger partial charge on any atom is -0.348 e. The fourth-order valence-electron chi connectivity index (χ4n) is 2.75. The average molecular weight is 429 g/mol. The number of carbonyl (C=O) groups excluding carboxylic acids is 1. The highest BCUT2D eigenvalue weighted by Crippen LogP contribution is 2.17. The zero-order valence-corrected chi connectivity index (χ0v) is 17.4. The van der Waals surface area contributed by atoms with Crippen molar-refractivity contribution in [3.8, 4) is 0 Å². The van der Waals surface area contributed by atoms with Crippen LogP contribution in [0.4, 0.5) is 0 Å². The molecular weight excluding hydrogens is 408 g/mol. The number of halogens is 1. The molecule has 2 N–H and O–H groups in total. The molecule has 0 bridgehead atoms. The number of hydrogen-bond acceptors (Lipinski definition) is 3. The first kappa shape index (κ1) is 21.0. The maximum Gasteiger partial charge on any atom is 0.251 e. The van der Waals surface area contributed by atoms with E-state index in [0.29, 0.717) is 22.7 Å². The van der Waals surface area contributed by atoms with Crippen LogP contribution in [0.3, 0.4) is 0 Å². The van der Waals surface area contributed by atoms with Gasteiger partial charge in [-0.25, -0.2) is 13.1 Å². The molecule has 0 fully saturated rings. The average Bonchev–Trinajstić information content (AvgIpc) is 2.72. The maximum absolute atomic E-state index is 12.6. The molecule has 0 aliphatic rings. The van der Waals surface area contributed by atoms with Crippen molar-refractivity contribution in [2.45, 2.75) is 24.9 Å². The standard InChI is InChI=1S/C22H21ClN2O3S/c1-16-7-12-20(29(27,28)25-15-17-5-3-2-4-6-17)13-21(16)22(26)24-14-18-8-10-19(23)11-9-18/h2-13,25H,14-15H2,1H3,(H,24,26). The lowest BCUT2D eigenvalue weighted by molar-refractivity contribution is 0.0950. The van der Waals surface area contributed by atoms with E-state index in [1.54, 1.807) is 25.1 Å². The van der Waals surface area contributed by atoms with Crippen molar-refractivity contribution in [1.82, 2.24) is 10.0 Å². The van der Waals surface area contributed by atoms with Crippen LogP contribution in [0.15, 0.2) is 77.7 Å². The Kier molecular flexibility index (Phi) is 6.69. The smallest absolute Gasteiger partial charge is 0.251 e. The van der Waals surface area contributed by atoms with E-state index in [2.05, 4.69) is 10.0 Å². The third-order valence-corrected chi connectivity index (χ3v) is 6.09. The Bertz CT molecular complexity index is 1100. The number of rotatable bonds is 7. The first-order valence-corrected chi connectivity index (χ1v) is 10.9. The molecule has 5 nitrogen and oxygen atoms in total. The van der Waals surface area contributed by atoms with Gasteiger partial charge in [-0.05, 0) is 47.9 Å². The molecule has 1 amide bonds. The van der Waals surface area contributed by atoms with E-state index in [0.717, 1.165) is 11.1 Å². The zero-order chi connectivity index (χ0) is 20.9. The van der Waals surface area contributed by atoms with Gasteiger partial charge >= 0.3 is 0 Å². The molecule has 0 spiro atoms. The number of hydrogen-bond donors (Lipinski definition) is 2. The van der Waals surface area contributed by atoms with Gasteiger partial charge in [0.15, 0.2) is 0 Å². The van der Waals surface area contributed by atoms with Crippen molar-refractivity contribution in [2.24, 2.45) is 0 Å². The van der Waals surface area contributed by atoms with Gasteiger partial charge in [-0.3, -0.25) is 4.79 Å². The second kappa shape index (κ2) is 9.22. The van der Waals surface area contributed by atoms with Gasteiger partial charge in [-0.2, -0.15) is 0 Å². The van der Waals surface area contributed by atoms with Gasteiger partial charge in [0, 0.05) is 23.7 Å². The molecule has 3 aromatic rings. The summed E-state index contributed by atoms with van der Waals surface area (Å²) in [4.78, 5) is 12.7. The first-order valence-electron chi connectivity index (χ1n) is 9.02. The molecule has 0 unspecified atom stereocenters. The summed E-state index contributed by atoms with van der Waals surface area (Å²) in [5.41, 5.74) is 2.76. The normalized spacial score (nSPS) is 11.2. The van der Waals surface area contributed by atoms with Crippen LogP contribution in [-0.4, -0.2) is 14.3 Å². The van der Waals surface area contributed by atoms with Crippen molar-refractivity contribution in [2.75, 3.05) is 0 Å². The van der Waals surface area contributed by atoms with E-state index in [4.69, 9.17) is 11.6 Å². The quantitative estimate of drug-likeness (QED) is 0.596. The van der Waals surface area contributed by atoms with Crippen LogP contribution in [0, 0.1) is 6.92 Å². The Balaban J connectivity index is 1.72. The molecule has 0 radical (unpaired) electrons. The molecule has 0 aromatic heterocycles. The molecule has 0 saturated heterocycles. The Morgan fingerprint density at radius 1 is 0.897 bits per heavy atom. The van der Waals surface area contributed by atoms with Crippen LogP contribution in [0.25, 0.3) is 0 Å². The Labute approximate surface area is 175 Å². The highest BCUT2D eigenvalue weighted by Gasteiger charge is 2.18. The molecule has 3 aromatic carbocycles. The minimum atomic E-state index is -3.75. The summed E-state index contributed by atoms with van der Waals surface area (Å²) in [5.74, 6) is -0.336. The largest absolute Gasteiger partial charge is 0.348 e. The van der Waals surface area contributed by atoms with Crippen LogP contribution >= 0.6 is 11.6 Å². The number of sulfonamides is 1. The van der Waals surface area contributed by atoms with E-state index < -0.39 is 10.0 Å². The van der Waals surface area contributed by atoms with Gasteiger partial charge < -0.3 is 5.32 Å². The second-order valence-corrected chi connectivity index (χ2v) is 8.80. The lowest BCUT2D eigenvalue weighted by atomic mass is 10.1. The van der Waals surface area contributed by atoms with Crippen molar-refractivity contribution < 1.29 is 13.2 Å². The highest BCUT2D eigenvalue weighted by molar-refractivity contribution is 7.89. The van der Waals surface area contributed by atoms with Crippen LogP contribution < -0.4 is 10.0 Å². The Morgan fingerprint density at radius 2 is 1.55 bits per heavy atom. The van der Waals surface area contributed by atoms with Gasteiger partial charge in [0.05, 0.1) is 4.90 Å². The number of carbonyl (C=O) groups is 1. The van der Waals surface area contributed by atoms with E-state index in [1.165, 1.54) is 12.1 Å². The predicted octanol–water partition coefficient (Wildman–Crippen LogP) is 4.06. The van der Waals surface area contributed by atoms with E-state index in [9.17, 15) is 13.2 Å². The number of nitrogens with one attached hydrogen (secondary N) is 2. The maximum atomic E-state index is 12.6. The van der Waals surface area contributed by atoms with E-state index in [1.807, 2.05) is 42.5 Å². The summed E-state index contributed by atoms with van der Waals surface area (Å²) in [5, 5.41) is 3.44. The Morgan fingerprint density at radius 3 is 2.24 bits per heavy atom. The Hall–Kier alpha value is -2.67. The van der Waals surface area contributed by atoms with Crippen LogP contribution in [0.2, 0.25) is 5.02 Å². The monoisotopic (exact) mass is 428 g/mol. The van der Waals surface area contributed by atoms with Gasteiger partial charge in [0.2, 0.25) is 10.0 Å². The summed E-state index contributed by atoms with van der Waals surface area (Å²) >= 11 is 5.87. The minimum absolute atomic E-state index is 0.0516. The van der Waals surface area contributed by atoms with Crippen LogP contribution in [-0.2, 0) is 23.1 Å². The fourth-order valence-corrected chi connectivity index (χ4v) is 3.92. The van der Waals surface area contributed by atoms with Gasteiger partial charge in [0.25, 0.3) is 5.91 Å². The summed E-state index contributed by atoms with van der Waals surface area (Å²) in [6, 6.07) is 20.9. The van der Waals surface area contributed by atoms with Crippen molar-refractivity contribution in [3.05, 3.63) is 100 Å². The summed E-state index contributed by atoms with van der Waals surface area (Å²) < 4.78 is 27.9. The first-order chi connectivity index (χ1) is 13.8. The predicted molar refractivity (Wildman–Crippen MR) is 114 cm³/mol. The molecule has 0 aliphatic heterocycles. The number of amides is 1. The molecule has 0 saturated carbocycles. The van der Waals surface area contributed by atoms with Gasteiger partial charge in [0.1, 0.15) is 0 Å².